The molecule has 2 rings (SSSR count). The molecule has 0 fully saturated rings. The second-order valence-corrected chi connectivity index (χ2v) is 6.08. The van der Waals surface area contributed by atoms with Crippen molar-refractivity contribution >= 4 is 11.9 Å². The number of hydrogen-bond acceptors (Lipinski definition) is 3. The highest BCUT2D eigenvalue weighted by Crippen LogP contribution is 2.19. The van der Waals surface area contributed by atoms with Gasteiger partial charge in [-0.3, -0.25) is 4.79 Å². The van der Waals surface area contributed by atoms with Gasteiger partial charge >= 0.3 is 5.97 Å². The topological polar surface area (TPSA) is 75.6 Å². The van der Waals surface area contributed by atoms with Crippen LogP contribution in [0.25, 0.3) is 0 Å². The molecule has 0 saturated heterocycles. The molecule has 0 saturated carbocycles. The number of carbonyl (C=O) groups excluding carboxylic acids is 1. The third-order valence-corrected chi connectivity index (χ3v) is 3.95. The highest BCUT2D eigenvalue weighted by atomic mass is 19.1. The first-order valence-electron chi connectivity index (χ1n) is 8.39. The summed E-state index contributed by atoms with van der Waals surface area (Å²) in [7, 11) is 0. The van der Waals surface area contributed by atoms with E-state index in [-0.39, 0.29) is 24.2 Å². The van der Waals surface area contributed by atoms with Crippen LogP contribution in [0.3, 0.4) is 0 Å². The van der Waals surface area contributed by atoms with Gasteiger partial charge in [-0.15, -0.1) is 0 Å². The number of amides is 1. The second kappa shape index (κ2) is 9.56. The number of aliphatic carboxylic acids is 1. The van der Waals surface area contributed by atoms with E-state index in [1.165, 1.54) is 12.1 Å². The monoisotopic (exact) mass is 359 g/mol. The van der Waals surface area contributed by atoms with Crippen LogP contribution in [0, 0.1) is 5.82 Å². The smallest absolute Gasteiger partial charge is 0.341 e. The molecule has 6 heteroatoms. The maximum absolute atomic E-state index is 12.9. The number of nitrogens with one attached hydrogen (secondary N) is 1. The van der Waals surface area contributed by atoms with Crippen molar-refractivity contribution < 1.29 is 23.8 Å². The third-order valence-electron chi connectivity index (χ3n) is 3.95. The minimum Gasteiger partial charge on any atom is -0.482 e. The lowest BCUT2D eigenvalue weighted by atomic mass is 9.97. The summed E-state index contributed by atoms with van der Waals surface area (Å²) in [6.07, 6.45) is 1.00. The molecule has 0 spiro atoms. The number of rotatable bonds is 9. The summed E-state index contributed by atoms with van der Waals surface area (Å²) >= 11 is 0. The van der Waals surface area contributed by atoms with Crippen molar-refractivity contribution in [1.82, 2.24) is 5.32 Å². The molecule has 0 aliphatic carbocycles. The summed E-state index contributed by atoms with van der Waals surface area (Å²) in [5.41, 5.74) is 1.94. The molecule has 0 aliphatic rings. The Morgan fingerprint density at radius 3 is 2.38 bits per heavy atom. The zero-order valence-electron chi connectivity index (χ0n) is 14.6. The van der Waals surface area contributed by atoms with Crippen LogP contribution in [0.4, 0.5) is 4.39 Å². The Hall–Kier alpha value is -2.89. The predicted octanol–water partition coefficient (Wildman–Crippen LogP) is 3.14. The largest absolute Gasteiger partial charge is 0.482 e. The zero-order valence-corrected chi connectivity index (χ0v) is 14.6. The van der Waals surface area contributed by atoms with Gasteiger partial charge in [0.05, 0.1) is 0 Å². The van der Waals surface area contributed by atoms with Crippen molar-refractivity contribution in [2.75, 3.05) is 13.2 Å². The van der Waals surface area contributed by atoms with Gasteiger partial charge in [0.15, 0.2) is 6.61 Å². The van der Waals surface area contributed by atoms with Crippen LogP contribution >= 0.6 is 0 Å². The Balaban J connectivity index is 1.72. The first kappa shape index (κ1) is 19.4. The Labute approximate surface area is 151 Å². The number of ether oxygens (including phenoxy) is 1. The Morgan fingerprint density at radius 2 is 1.77 bits per heavy atom. The first-order valence-corrected chi connectivity index (χ1v) is 8.39. The van der Waals surface area contributed by atoms with Gasteiger partial charge in [0.25, 0.3) is 0 Å². The van der Waals surface area contributed by atoms with E-state index in [2.05, 4.69) is 5.32 Å². The number of carboxylic acids is 1. The summed E-state index contributed by atoms with van der Waals surface area (Å²) in [4.78, 5) is 22.5. The van der Waals surface area contributed by atoms with Gasteiger partial charge in [0, 0.05) is 13.0 Å². The molecule has 0 bridgehead atoms. The van der Waals surface area contributed by atoms with E-state index < -0.39 is 5.97 Å². The maximum Gasteiger partial charge on any atom is 0.341 e. The van der Waals surface area contributed by atoms with Crippen LogP contribution < -0.4 is 10.1 Å². The van der Waals surface area contributed by atoms with Gasteiger partial charge in [0.1, 0.15) is 11.6 Å². The Kier molecular flexibility index (Phi) is 7.14. The van der Waals surface area contributed by atoms with Crippen molar-refractivity contribution in [3.63, 3.8) is 0 Å². The Morgan fingerprint density at radius 1 is 1.12 bits per heavy atom. The van der Waals surface area contributed by atoms with E-state index in [4.69, 9.17) is 9.84 Å². The van der Waals surface area contributed by atoms with Crippen molar-refractivity contribution in [2.45, 2.75) is 25.7 Å². The van der Waals surface area contributed by atoms with E-state index in [1.54, 1.807) is 24.3 Å². The number of carbonyl (C=O) groups is 2. The van der Waals surface area contributed by atoms with Crippen molar-refractivity contribution in [1.29, 1.82) is 0 Å². The molecule has 0 radical (unpaired) electrons. The average molecular weight is 359 g/mol. The van der Waals surface area contributed by atoms with Crippen molar-refractivity contribution in [3.05, 3.63) is 65.5 Å². The van der Waals surface area contributed by atoms with Gasteiger partial charge in [-0.1, -0.05) is 31.2 Å². The lowest BCUT2D eigenvalue weighted by Crippen LogP contribution is -2.26. The summed E-state index contributed by atoms with van der Waals surface area (Å²) in [5.74, 6) is -0.853. The summed E-state index contributed by atoms with van der Waals surface area (Å²) in [6.45, 7) is 2.06. The van der Waals surface area contributed by atoms with Crippen molar-refractivity contribution in [3.8, 4) is 5.75 Å². The van der Waals surface area contributed by atoms with Gasteiger partial charge in [-0.05, 0) is 47.7 Å². The molecule has 1 amide bonds. The minimum absolute atomic E-state index is 0.0151. The van der Waals surface area contributed by atoms with Crippen LogP contribution in [-0.4, -0.2) is 30.1 Å². The summed E-state index contributed by atoms with van der Waals surface area (Å²) in [5, 5.41) is 11.4. The molecular weight excluding hydrogens is 337 g/mol. The maximum atomic E-state index is 12.9. The summed E-state index contributed by atoms with van der Waals surface area (Å²) < 4.78 is 18.0. The van der Waals surface area contributed by atoms with Gasteiger partial charge in [-0.25, -0.2) is 9.18 Å². The van der Waals surface area contributed by atoms with E-state index in [0.29, 0.717) is 25.1 Å². The van der Waals surface area contributed by atoms with E-state index in [1.807, 2.05) is 19.1 Å². The standard InChI is InChI=1S/C20H22FNO4/c1-14(16-4-6-17(21)7-5-16)12-19(23)22-11-10-15-2-8-18(9-3-15)26-13-20(24)25/h2-9,14H,10-13H2,1H3,(H,22,23)(H,24,25). The quantitative estimate of drug-likeness (QED) is 0.721. The van der Waals surface area contributed by atoms with Crippen LogP contribution in [-0.2, 0) is 16.0 Å². The van der Waals surface area contributed by atoms with Crippen molar-refractivity contribution in [2.24, 2.45) is 0 Å². The number of hydrogen-bond donors (Lipinski definition) is 2. The Bertz CT molecular complexity index is 728. The fourth-order valence-electron chi connectivity index (χ4n) is 2.50. The molecule has 0 aliphatic heterocycles. The van der Waals surface area contributed by atoms with Gasteiger partial charge < -0.3 is 15.2 Å². The molecule has 138 valence electrons. The molecule has 2 aromatic carbocycles. The number of carboxylic acid groups (broad SMARTS) is 1. The fourth-order valence-corrected chi connectivity index (χ4v) is 2.50. The van der Waals surface area contributed by atoms with Gasteiger partial charge in [0.2, 0.25) is 5.91 Å². The van der Waals surface area contributed by atoms with E-state index in [0.717, 1.165) is 11.1 Å². The highest BCUT2D eigenvalue weighted by molar-refractivity contribution is 5.76. The SMILES string of the molecule is CC(CC(=O)NCCc1ccc(OCC(=O)O)cc1)c1ccc(F)cc1. The first-order chi connectivity index (χ1) is 12.4. The fraction of sp³-hybridized carbons (Fsp3) is 0.300. The molecule has 5 nitrogen and oxygen atoms in total. The normalized spacial score (nSPS) is 11.6. The average Bonchev–Trinajstić information content (AvgIpc) is 2.61. The molecule has 1 atom stereocenters. The van der Waals surface area contributed by atoms with Crippen LogP contribution in [0.1, 0.15) is 30.4 Å². The molecule has 2 N–H and O–H groups in total. The highest BCUT2D eigenvalue weighted by Gasteiger charge is 2.11. The third kappa shape index (κ3) is 6.55. The van der Waals surface area contributed by atoms with E-state index >= 15 is 0 Å². The summed E-state index contributed by atoms with van der Waals surface area (Å²) in [6, 6.07) is 13.3. The van der Waals surface area contributed by atoms with Crippen LogP contribution in [0.15, 0.2) is 48.5 Å². The van der Waals surface area contributed by atoms with Crippen LogP contribution in [0.5, 0.6) is 5.75 Å². The molecule has 1 unspecified atom stereocenters. The molecule has 0 heterocycles. The second-order valence-electron chi connectivity index (χ2n) is 6.08. The lowest BCUT2D eigenvalue weighted by Gasteiger charge is -2.12. The molecular formula is C20H22FNO4. The minimum atomic E-state index is -1.02. The molecule has 2 aromatic rings. The zero-order chi connectivity index (χ0) is 18.9. The molecule has 0 aromatic heterocycles. The predicted molar refractivity (Wildman–Crippen MR) is 95.7 cm³/mol. The molecule has 26 heavy (non-hydrogen) atoms. The number of halogens is 1. The van der Waals surface area contributed by atoms with Gasteiger partial charge in [-0.2, -0.15) is 0 Å². The van der Waals surface area contributed by atoms with E-state index in [9.17, 15) is 14.0 Å². The lowest BCUT2D eigenvalue weighted by molar-refractivity contribution is -0.139. The van der Waals surface area contributed by atoms with Crippen LogP contribution in [0.2, 0.25) is 0 Å². The number of benzene rings is 2.